The Morgan fingerprint density at radius 3 is 2.53 bits per heavy atom. The molecule has 1 heterocycles. The Morgan fingerprint density at radius 2 is 1.88 bits per heavy atom. The zero-order valence-corrected chi connectivity index (χ0v) is 11.7. The first-order chi connectivity index (χ1) is 7.95. The second-order valence-corrected chi connectivity index (χ2v) is 5.77. The number of nitrogens with one attached hydrogen (secondary N) is 1. The molecule has 1 aromatic carbocycles. The van der Waals surface area contributed by atoms with E-state index in [1.165, 1.54) is 28.9 Å². The Morgan fingerprint density at radius 1 is 1.24 bits per heavy atom. The van der Waals surface area contributed by atoms with Crippen LogP contribution in [0.3, 0.4) is 0 Å². The number of anilines is 2. The van der Waals surface area contributed by atoms with Gasteiger partial charge in [-0.25, -0.2) is 0 Å². The van der Waals surface area contributed by atoms with Crippen molar-refractivity contribution in [2.45, 2.75) is 46.6 Å². The van der Waals surface area contributed by atoms with E-state index in [-0.39, 0.29) is 5.54 Å². The van der Waals surface area contributed by atoms with Gasteiger partial charge in [-0.2, -0.15) is 0 Å². The summed E-state index contributed by atoms with van der Waals surface area (Å²) in [5, 5.41) is 3.57. The zero-order valence-electron chi connectivity index (χ0n) is 11.7. The third-order valence-electron chi connectivity index (χ3n) is 3.79. The molecule has 94 valence electrons. The second kappa shape index (κ2) is 4.25. The first kappa shape index (κ1) is 12.3. The quantitative estimate of drug-likeness (QED) is 0.836. The summed E-state index contributed by atoms with van der Waals surface area (Å²) in [6.07, 6.45) is 1.19. The molecule has 0 saturated carbocycles. The summed E-state index contributed by atoms with van der Waals surface area (Å²) in [6, 6.07) is 4.61. The Bertz CT molecular complexity index is 421. The summed E-state index contributed by atoms with van der Waals surface area (Å²) >= 11 is 0. The molecule has 0 bridgehead atoms. The standard InChI is InChI=1S/C15H24N2/c1-6-7-17-14-9-12(3)11(2)8-13(14)16-10-15(17,4)5/h8-9,16H,6-7,10H2,1-5H3. The van der Waals surface area contributed by atoms with Gasteiger partial charge in [-0.3, -0.25) is 0 Å². The van der Waals surface area contributed by atoms with E-state index in [9.17, 15) is 0 Å². The number of hydrogen-bond donors (Lipinski definition) is 1. The van der Waals surface area contributed by atoms with Gasteiger partial charge in [0.2, 0.25) is 0 Å². The topological polar surface area (TPSA) is 15.3 Å². The molecule has 0 fully saturated rings. The van der Waals surface area contributed by atoms with Crippen LogP contribution in [0, 0.1) is 13.8 Å². The first-order valence-electron chi connectivity index (χ1n) is 6.58. The van der Waals surface area contributed by atoms with Crippen LogP contribution in [-0.4, -0.2) is 18.6 Å². The van der Waals surface area contributed by atoms with Crippen LogP contribution in [0.1, 0.15) is 38.3 Å². The van der Waals surface area contributed by atoms with Crippen LogP contribution in [0.15, 0.2) is 12.1 Å². The lowest BCUT2D eigenvalue weighted by molar-refractivity contribution is 0.470. The molecule has 0 radical (unpaired) electrons. The maximum Gasteiger partial charge on any atom is 0.0609 e. The fraction of sp³-hybridized carbons (Fsp3) is 0.600. The molecule has 17 heavy (non-hydrogen) atoms. The van der Waals surface area contributed by atoms with E-state index in [0.29, 0.717) is 0 Å². The van der Waals surface area contributed by atoms with Crippen molar-refractivity contribution in [3.05, 3.63) is 23.3 Å². The number of aryl methyl sites for hydroxylation is 2. The van der Waals surface area contributed by atoms with E-state index in [0.717, 1.165) is 13.1 Å². The van der Waals surface area contributed by atoms with Gasteiger partial charge in [-0.1, -0.05) is 6.92 Å². The number of benzene rings is 1. The number of fused-ring (bicyclic) bond motifs is 1. The van der Waals surface area contributed by atoms with E-state index in [1.54, 1.807) is 0 Å². The molecule has 1 aliphatic rings. The maximum atomic E-state index is 3.57. The molecule has 0 spiro atoms. The fourth-order valence-corrected chi connectivity index (χ4v) is 2.55. The van der Waals surface area contributed by atoms with Gasteiger partial charge >= 0.3 is 0 Å². The molecule has 0 atom stereocenters. The lowest BCUT2D eigenvalue weighted by atomic mass is 9.95. The Balaban J connectivity index is 2.48. The van der Waals surface area contributed by atoms with Crippen molar-refractivity contribution < 1.29 is 0 Å². The van der Waals surface area contributed by atoms with Crippen molar-refractivity contribution in [1.82, 2.24) is 0 Å². The Kier molecular flexibility index (Phi) is 3.07. The first-order valence-corrected chi connectivity index (χ1v) is 6.58. The summed E-state index contributed by atoms with van der Waals surface area (Å²) in [5.74, 6) is 0. The van der Waals surface area contributed by atoms with Gasteiger partial charge in [0.15, 0.2) is 0 Å². The minimum absolute atomic E-state index is 0.199. The molecule has 0 aromatic heterocycles. The van der Waals surface area contributed by atoms with Crippen molar-refractivity contribution in [3.8, 4) is 0 Å². The van der Waals surface area contributed by atoms with Gasteiger partial charge in [-0.15, -0.1) is 0 Å². The van der Waals surface area contributed by atoms with Crippen molar-refractivity contribution in [3.63, 3.8) is 0 Å². The molecule has 1 N–H and O–H groups in total. The van der Waals surface area contributed by atoms with Crippen LogP contribution in [0.4, 0.5) is 11.4 Å². The molecule has 2 rings (SSSR count). The smallest absolute Gasteiger partial charge is 0.0609 e. The summed E-state index contributed by atoms with van der Waals surface area (Å²) in [6.45, 7) is 13.4. The van der Waals surface area contributed by atoms with E-state index in [2.05, 4.69) is 57.0 Å². The van der Waals surface area contributed by atoms with Crippen LogP contribution in [0.5, 0.6) is 0 Å². The molecule has 0 saturated heterocycles. The lowest BCUT2D eigenvalue weighted by Crippen LogP contribution is -2.52. The second-order valence-electron chi connectivity index (χ2n) is 5.77. The number of nitrogens with zero attached hydrogens (tertiary/aromatic N) is 1. The third-order valence-corrected chi connectivity index (χ3v) is 3.79. The molecule has 2 heteroatoms. The van der Waals surface area contributed by atoms with Gasteiger partial charge in [0, 0.05) is 13.1 Å². The normalized spacial score (nSPS) is 17.6. The monoisotopic (exact) mass is 232 g/mol. The van der Waals surface area contributed by atoms with E-state index in [1.807, 2.05) is 0 Å². The maximum absolute atomic E-state index is 3.57. The minimum Gasteiger partial charge on any atom is -0.381 e. The zero-order chi connectivity index (χ0) is 12.6. The molecule has 1 aliphatic heterocycles. The van der Waals surface area contributed by atoms with Gasteiger partial charge in [0.25, 0.3) is 0 Å². The highest BCUT2D eigenvalue weighted by Crippen LogP contribution is 2.37. The highest BCUT2D eigenvalue weighted by molar-refractivity contribution is 5.75. The van der Waals surface area contributed by atoms with E-state index < -0.39 is 0 Å². The SMILES string of the molecule is CCCN1c2cc(C)c(C)cc2NCC1(C)C. The van der Waals surface area contributed by atoms with Gasteiger partial charge in [0.05, 0.1) is 16.9 Å². The minimum atomic E-state index is 0.199. The summed E-state index contributed by atoms with van der Waals surface area (Å²) in [7, 11) is 0. The lowest BCUT2D eigenvalue weighted by Gasteiger charge is -2.46. The average molecular weight is 232 g/mol. The van der Waals surface area contributed by atoms with Crippen molar-refractivity contribution in [2.24, 2.45) is 0 Å². The Hall–Kier alpha value is -1.18. The van der Waals surface area contributed by atoms with Gasteiger partial charge < -0.3 is 10.2 Å². The highest BCUT2D eigenvalue weighted by atomic mass is 15.3. The molecule has 1 aromatic rings. The van der Waals surface area contributed by atoms with Crippen LogP contribution in [0.25, 0.3) is 0 Å². The predicted molar refractivity (Wildman–Crippen MR) is 76.1 cm³/mol. The average Bonchev–Trinajstić information content (AvgIpc) is 2.26. The van der Waals surface area contributed by atoms with Gasteiger partial charge in [0.1, 0.15) is 0 Å². The predicted octanol–water partition coefficient (Wildman–Crippen LogP) is 3.72. The van der Waals surface area contributed by atoms with Crippen molar-refractivity contribution in [1.29, 1.82) is 0 Å². The summed E-state index contributed by atoms with van der Waals surface area (Å²) in [4.78, 5) is 2.55. The van der Waals surface area contributed by atoms with E-state index in [4.69, 9.17) is 0 Å². The fourth-order valence-electron chi connectivity index (χ4n) is 2.55. The largest absolute Gasteiger partial charge is 0.381 e. The van der Waals surface area contributed by atoms with Crippen molar-refractivity contribution >= 4 is 11.4 Å². The molecule has 2 nitrogen and oxygen atoms in total. The van der Waals surface area contributed by atoms with Crippen LogP contribution in [-0.2, 0) is 0 Å². The summed E-state index contributed by atoms with van der Waals surface area (Å²) in [5.41, 5.74) is 5.61. The van der Waals surface area contributed by atoms with E-state index >= 15 is 0 Å². The molecule has 0 aliphatic carbocycles. The molecular formula is C15H24N2. The van der Waals surface area contributed by atoms with Crippen molar-refractivity contribution in [2.75, 3.05) is 23.3 Å². The molecular weight excluding hydrogens is 208 g/mol. The highest BCUT2D eigenvalue weighted by Gasteiger charge is 2.32. The number of rotatable bonds is 2. The van der Waals surface area contributed by atoms with Crippen LogP contribution >= 0.6 is 0 Å². The summed E-state index contributed by atoms with van der Waals surface area (Å²) < 4.78 is 0. The molecule has 0 amide bonds. The third kappa shape index (κ3) is 2.13. The van der Waals surface area contributed by atoms with Gasteiger partial charge in [-0.05, 0) is 57.4 Å². The van der Waals surface area contributed by atoms with Crippen LogP contribution in [0.2, 0.25) is 0 Å². The number of hydrogen-bond acceptors (Lipinski definition) is 2. The van der Waals surface area contributed by atoms with Crippen LogP contribution < -0.4 is 10.2 Å². The molecule has 0 unspecified atom stereocenters. The Labute approximate surface area is 105 Å².